The van der Waals surface area contributed by atoms with Crippen LogP contribution in [0.3, 0.4) is 0 Å². The Labute approximate surface area is 215 Å². The summed E-state index contributed by atoms with van der Waals surface area (Å²) in [6.07, 6.45) is 0.602. The van der Waals surface area contributed by atoms with E-state index in [9.17, 15) is 14.4 Å². The Morgan fingerprint density at radius 2 is 1.76 bits per heavy atom. The van der Waals surface area contributed by atoms with Gasteiger partial charge in [-0.1, -0.05) is 54.3 Å². The fourth-order valence-electron chi connectivity index (χ4n) is 3.95. The number of rotatable bonds is 7. The zero-order valence-corrected chi connectivity index (χ0v) is 21.2. The van der Waals surface area contributed by atoms with Crippen molar-refractivity contribution < 1.29 is 9.53 Å². The number of nitrogens with one attached hydrogen (secondary N) is 1. The molecule has 0 saturated carbocycles. The molecule has 1 aromatic heterocycles. The van der Waals surface area contributed by atoms with Crippen LogP contribution in [0.1, 0.15) is 40.0 Å². The average Bonchev–Trinajstić information content (AvgIpc) is 2.89. The van der Waals surface area contributed by atoms with Crippen LogP contribution in [0.25, 0.3) is 10.9 Å². The molecule has 0 spiro atoms. The van der Waals surface area contributed by atoms with Crippen LogP contribution >= 0.6 is 0 Å². The first-order valence-electron chi connectivity index (χ1n) is 12.1. The van der Waals surface area contributed by atoms with Crippen LogP contribution in [0.5, 0.6) is 0 Å². The number of carbonyl (C=O) groups excluding carboxylic acids is 1. The summed E-state index contributed by atoms with van der Waals surface area (Å²) in [5, 5.41) is 0.388. The van der Waals surface area contributed by atoms with Gasteiger partial charge in [0.2, 0.25) is 0 Å². The normalized spacial score (nSPS) is 11.7. The van der Waals surface area contributed by atoms with Gasteiger partial charge in [-0.25, -0.2) is 9.59 Å². The summed E-state index contributed by atoms with van der Waals surface area (Å²) in [7, 11) is 3.81. The minimum atomic E-state index is -0.549. The molecule has 1 N–H and O–H groups in total. The predicted molar refractivity (Wildman–Crippen MR) is 145 cm³/mol. The van der Waals surface area contributed by atoms with Crippen molar-refractivity contribution in [1.82, 2.24) is 14.5 Å². The summed E-state index contributed by atoms with van der Waals surface area (Å²) >= 11 is 0. The van der Waals surface area contributed by atoms with Gasteiger partial charge >= 0.3 is 11.7 Å². The van der Waals surface area contributed by atoms with Gasteiger partial charge in [-0.05, 0) is 62.5 Å². The number of aromatic nitrogens is 2. The van der Waals surface area contributed by atoms with Gasteiger partial charge in [-0.15, -0.1) is 0 Å². The van der Waals surface area contributed by atoms with Gasteiger partial charge in [0.25, 0.3) is 5.56 Å². The lowest BCUT2D eigenvalue weighted by Crippen LogP contribution is -2.37. The fraction of sp³-hybridized carbons (Fsp3) is 0.233. The summed E-state index contributed by atoms with van der Waals surface area (Å²) in [4.78, 5) is 43.2. The standard InChI is InChI=1S/C30H29N3O4/c1-21(24-13-15-25(16-14-24)29(35)37-19-18-32(2)3)33-28(34)26-20-23(12-17-27(26)31-30(33)36)11-7-10-22-8-5-4-6-9-22/h4-6,8-9,12-17,20-21H,10,18-19H2,1-3H3,(H,31,36). The fourth-order valence-corrected chi connectivity index (χ4v) is 3.95. The molecule has 1 heterocycles. The molecule has 4 aromatic rings. The molecule has 0 saturated heterocycles. The van der Waals surface area contributed by atoms with Crippen molar-refractivity contribution in [2.24, 2.45) is 0 Å². The second-order valence-corrected chi connectivity index (χ2v) is 9.07. The molecule has 0 radical (unpaired) electrons. The molecule has 4 rings (SSSR count). The molecule has 1 atom stereocenters. The molecule has 0 aliphatic heterocycles. The Balaban J connectivity index is 1.57. The van der Waals surface area contributed by atoms with Crippen molar-refractivity contribution >= 4 is 16.9 Å². The van der Waals surface area contributed by atoms with E-state index in [1.165, 1.54) is 4.57 Å². The zero-order chi connectivity index (χ0) is 26.4. The van der Waals surface area contributed by atoms with E-state index < -0.39 is 23.3 Å². The largest absolute Gasteiger partial charge is 0.461 e. The lowest BCUT2D eigenvalue weighted by atomic mass is 10.1. The number of benzene rings is 3. The SMILES string of the molecule is CC(c1ccc(C(=O)OCCN(C)C)cc1)n1c(=O)[nH]c2ccc(C#CCc3ccccc3)cc2c1=O. The number of hydrogen-bond donors (Lipinski definition) is 1. The third kappa shape index (κ3) is 6.24. The van der Waals surface area contributed by atoms with Crippen molar-refractivity contribution in [3.63, 3.8) is 0 Å². The first kappa shape index (κ1) is 25.7. The number of likely N-dealkylation sites (N-methyl/N-ethyl adjacent to an activating group) is 1. The number of fused-ring (bicyclic) bond motifs is 1. The second-order valence-electron chi connectivity index (χ2n) is 9.07. The Bertz CT molecular complexity index is 1570. The van der Waals surface area contributed by atoms with E-state index in [0.29, 0.717) is 41.6 Å². The van der Waals surface area contributed by atoms with E-state index in [1.54, 1.807) is 49.4 Å². The summed E-state index contributed by atoms with van der Waals surface area (Å²) in [6.45, 7) is 2.70. The van der Waals surface area contributed by atoms with E-state index in [2.05, 4.69) is 16.8 Å². The maximum absolute atomic E-state index is 13.4. The molecule has 1 unspecified atom stereocenters. The molecule has 7 heteroatoms. The first-order valence-corrected chi connectivity index (χ1v) is 12.1. The second kappa shape index (κ2) is 11.5. The van der Waals surface area contributed by atoms with E-state index in [1.807, 2.05) is 49.3 Å². The van der Waals surface area contributed by atoms with Crippen LogP contribution in [0.15, 0.2) is 82.4 Å². The van der Waals surface area contributed by atoms with Gasteiger partial charge in [0, 0.05) is 18.5 Å². The van der Waals surface area contributed by atoms with Crippen molar-refractivity contribution in [3.8, 4) is 11.8 Å². The lowest BCUT2D eigenvalue weighted by Gasteiger charge is -2.16. The van der Waals surface area contributed by atoms with Crippen LogP contribution in [0.4, 0.5) is 0 Å². The number of H-pyrrole nitrogens is 1. The quantitative estimate of drug-likeness (QED) is 0.313. The predicted octanol–water partition coefficient (Wildman–Crippen LogP) is 3.61. The zero-order valence-electron chi connectivity index (χ0n) is 21.2. The summed E-state index contributed by atoms with van der Waals surface area (Å²) < 4.78 is 6.46. The molecule has 3 aromatic carbocycles. The van der Waals surface area contributed by atoms with Crippen LogP contribution in [0, 0.1) is 11.8 Å². The maximum atomic E-state index is 13.4. The molecule has 37 heavy (non-hydrogen) atoms. The van der Waals surface area contributed by atoms with Crippen molar-refractivity contribution in [1.29, 1.82) is 0 Å². The number of ether oxygens (including phenoxy) is 1. The van der Waals surface area contributed by atoms with Gasteiger partial charge < -0.3 is 14.6 Å². The van der Waals surface area contributed by atoms with Gasteiger partial charge in [0.1, 0.15) is 6.61 Å². The van der Waals surface area contributed by atoms with Crippen LogP contribution < -0.4 is 11.2 Å². The monoisotopic (exact) mass is 495 g/mol. The molecule has 7 nitrogen and oxygen atoms in total. The molecule has 0 aliphatic rings. The van der Waals surface area contributed by atoms with Gasteiger partial charge in [0.15, 0.2) is 0 Å². The molecule has 188 valence electrons. The molecule has 0 bridgehead atoms. The molecule has 0 aliphatic carbocycles. The highest BCUT2D eigenvalue weighted by Gasteiger charge is 2.17. The Morgan fingerprint density at radius 1 is 1.03 bits per heavy atom. The Hall–Kier alpha value is -4.41. The number of nitrogens with zero attached hydrogens (tertiary/aromatic N) is 2. The Morgan fingerprint density at radius 3 is 2.46 bits per heavy atom. The highest BCUT2D eigenvalue weighted by molar-refractivity contribution is 5.89. The topological polar surface area (TPSA) is 84.4 Å². The third-order valence-corrected chi connectivity index (χ3v) is 6.08. The maximum Gasteiger partial charge on any atom is 0.338 e. The van der Waals surface area contributed by atoms with Crippen LogP contribution in [-0.4, -0.2) is 47.7 Å². The summed E-state index contributed by atoms with van der Waals surface area (Å²) in [5.41, 5.74) is 2.50. The number of esters is 1. The number of carbonyl (C=O) groups is 1. The molecular weight excluding hydrogens is 466 g/mol. The van der Waals surface area contributed by atoms with Crippen LogP contribution in [-0.2, 0) is 11.2 Å². The average molecular weight is 496 g/mol. The summed E-state index contributed by atoms with van der Waals surface area (Å²) in [6, 6.07) is 21.3. The van der Waals surface area contributed by atoms with E-state index >= 15 is 0 Å². The summed E-state index contributed by atoms with van der Waals surface area (Å²) in [5.74, 6) is 5.83. The van der Waals surface area contributed by atoms with E-state index in [-0.39, 0.29) is 0 Å². The molecule has 0 fully saturated rings. The third-order valence-electron chi connectivity index (χ3n) is 6.08. The minimum Gasteiger partial charge on any atom is -0.461 e. The van der Waals surface area contributed by atoms with E-state index in [4.69, 9.17) is 4.74 Å². The first-order chi connectivity index (χ1) is 17.8. The highest BCUT2D eigenvalue weighted by Crippen LogP contribution is 2.17. The highest BCUT2D eigenvalue weighted by atomic mass is 16.5. The van der Waals surface area contributed by atoms with Crippen molar-refractivity contribution in [2.75, 3.05) is 27.2 Å². The smallest absolute Gasteiger partial charge is 0.338 e. The molecular formula is C30H29N3O4. The van der Waals surface area contributed by atoms with Gasteiger partial charge in [-0.2, -0.15) is 0 Å². The lowest BCUT2D eigenvalue weighted by molar-refractivity contribution is 0.0482. The van der Waals surface area contributed by atoms with Gasteiger partial charge in [-0.3, -0.25) is 9.36 Å². The van der Waals surface area contributed by atoms with Crippen molar-refractivity contribution in [2.45, 2.75) is 19.4 Å². The van der Waals surface area contributed by atoms with Crippen LogP contribution in [0.2, 0.25) is 0 Å². The van der Waals surface area contributed by atoms with E-state index in [0.717, 1.165) is 11.1 Å². The van der Waals surface area contributed by atoms with Crippen molar-refractivity contribution in [3.05, 3.63) is 116 Å². The molecule has 0 amide bonds. The Kier molecular flexibility index (Phi) is 8.02. The minimum absolute atomic E-state index is 0.296. The van der Waals surface area contributed by atoms with Gasteiger partial charge in [0.05, 0.1) is 22.5 Å². The number of hydrogen-bond acceptors (Lipinski definition) is 5. The number of aromatic amines is 1.